The monoisotopic (exact) mass is 164 g/mol. The van der Waals surface area contributed by atoms with Gasteiger partial charge in [0.25, 0.3) is 0 Å². The summed E-state index contributed by atoms with van der Waals surface area (Å²) in [6, 6.07) is 0. The van der Waals surface area contributed by atoms with E-state index in [1.165, 1.54) is 7.11 Å². The molecule has 4 atom stereocenters. The molecule has 1 rings (SSSR count). The lowest BCUT2D eigenvalue weighted by molar-refractivity contribution is -0.00995. The topological polar surface area (TPSA) is 38.7 Å². The Hall–Kier alpha value is -0.190. The van der Waals surface area contributed by atoms with E-state index < -0.39 is 18.4 Å². The van der Waals surface area contributed by atoms with Crippen LogP contribution in [0.5, 0.6) is 0 Å². The van der Waals surface area contributed by atoms with Crippen molar-refractivity contribution in [3.05, 3.63) is 0 Å². The number of ether oxygens (including phenoxy) is 2. The summed E-state index contributed by atoms with van der Waals surface area (Å²) >= 11 is 0. The van der Waals surface area contributed by atoms with Crippen molar-refractivity contribution in [2.24, 2.45) is 0 Å². The molecule has 0 aromatic carbocycles. The Morgan fingerprint density at radius 2 is 2.27 bits per heavy atom. The molecule has 1 N–H and O–H groups in total. The van der Waals surface area contributed by atoms with Gasteiger partial charge >= 0.3 is 0 Å². The van der Waals surface area contributed by atoms with E-state index in [9.17, 15) is 4.39 Å². The molecule has 0 radical (unpaired) electrons. The summed E-state index contributed by atoms with van der Waals surface area (Å²) in [6.45, 7) is 1.45. The third-order valence-electron chi connectivity index (χ3n) is 1.97. The van der Waals surface area contributed by atoms with Crippen LogP contribution in [0.25, 0.3) is 0 Å². The smallest absolute Gasteiger partial charge is 0.157 e. The zero-order valence-electron chi connectivity index (χ0n) is 6.66. The Labute approximate surface area is 65.1 Å². The summed E-state index contributed by atoms with van der Waals surface area (Å²) in [6.07, 6.45) is -2.73. The molecule has 1 saturated heterocycles. The van der Waals surface area contributed by atoms with Gasteiger partial charge in [0.1, 0.15) is 12.2 Å². The van der Waals surface area contributed by atoms with Crippen LogP contribution in [0.3, 0.4) is 0 Å². The Morgan fingerprint density at radius 3 is 2.55 bits per heavy atom. The maximum atomic E-state index is 13.1. The lowest BCUT2D eigenvalue weighted by atomic mass is 10.1. The molecular weight excluding hydrogens is 151 g/mol. The van der Waals surface area contributed by atoms with Gasteiger partial charge in [-0.15, -0.1) is 0 Å². The van der Waals surface area contributed by atoms with Crippen LogP contribution in [-0.2, 0) is 9.47 Å². The first-order valence-electron chi connectivity index (χ1n) is 3.64. The van der Waals surface area contributed by atoms with Gasteiger partial charge < -0.3 is 14.6 Å². The van der Waals surface area contributed by atoms with Crippen LogP contribution in [0, 0.1) is 0 Å². The van der Waals surface area contributed by atoms with Gasteiger partial charge in [-0.3, -0.25) is 0 Å². The van der Waals surface area contributed by atoms with Crippen LogP contribution in [0.15, 0.2) is 0 Å². The maximum absolute atomic E-state index is 13.1. The Bertz CT molecular complexity index is 131. The van der Waals surface area contributed by atoms with E-state index in [4.69, 9.17) is 14.6 Å². The molecule has 0 unspecified atom stereocenters. The number of alkyl halides is 1. The molecule has 0 amide bonds. The normalized spacial score (nSPS) is 44.7. The van der Waals surface area contributed by atoms with Crippen molar-refractivity contribution >= 4 is 0 Å². The molecule has 0 aromatic rings. The fraction of sp³-hybridized carbons (Fsp3) is 1.00. The molecular formula is C7H13FO3. The summed E-state index contributed by atoms with van der Waals surface area (Å²) in [4.78, 5) is 0. The van der Waals surface area contributed by atoms with Crippen LogP contribution in [0.4, 0.5) is 4.39 Å². The summed E-state index contributed by atoms with van der Waals surface area (Å²) in [5, 5.41) is 8.65. The van der Waals surface area contributed by atoms with Gasteiger partial charge in [-0.1, -0.05) is 0 Å². The predicted octanol–water partition coefficient (Wildman–Crippen LogP) is 0.119. The molecule has 0 spiro atoms. The quantitative estimate of drug-likeness (QED) is 0.630. The van der Waals surface area contributed by atoms with Crippen LogP contribution in [0.2, 0.25) is 0 Å². The lowest BCUT2D eigenvalue weighted by Gasteiger charge is -2.12. The van der Waals surface area contributed by atoms with Crippen molar-refractivity contribution in [2.75, 3.05) is 13.7 Å². The number of halogens is 1. The first-order valence-corrected chi connectivity index (χ1v) is 3.64. The highest BCUT2D eigenvalue weighted by Gasteiger charge is 2.42. The van der Waals surface area contributed by atoms with E-state index in [0.29, 0.717) is 0 Å². The van der Waals surface area contributed by atoms with Gasteiger partial charge in [0.05, 0.1) is 12.7 Å². The SMILES string of the molecule is CO[C@H]1[C@@H](F)[C@H](CO)O[C@@H]1C. The van der Waals surface area contributed by atoms with Crippen molar-refractivity contribution < 1.29 is 19.0 Å². The highest BCUT2D eigenvalue weighted by Crippen LogP contribution is 2.25. The second kappa shape index (κ2) is 3.47. The molecule has 0 saturated carbocycles. The van der Waals surface area contributed by atoms with E-state index in [1.54, 1.807) is 6.92 Å². The molecule has 0 aliphatic carbocycles. The van der Waals surface area contributed by atoms with Crippen LogP contribution < -0.4 is 0 Å². The van der Waals surface area contributed by atoms with Crippen LogP contribution in [0.1, 0.15) is 6.92 Å². The van der Waals surface area contributed by atoms with Crippen LogP contribution >= 0.6 is 0 Å². The summed E-state index contributed by atoms with van der Waals surface area (Å²) in [5.74, 6) is 0. The van der Waals surface area contributed by atoms with E-state index in [-0.39, 0.29) is 12.7 Å². The van der Waals surface area contributed by atoms with E-state index in [2.05, 4.69) is 0 Å². The Kier molecular flexibility index (Phi) is 2.81. The Morgan fingerprint density at radius 1 is 1.64 bits per heavy atom. The van der Waals surface area contributed by atoms with Gasteiger partial charge in [0.15, 0.2) is 6.17 Å². The summed E-state index contributed by atoms with van der Waals surface area (Å²) in [5.41, 5.74) is 0. The largest absolute Gasteiger partial charge is 0.394 e. The minimum Gasteiger partial charge on any atom is -0.394 e. The van der Waals surface area contributed by atoms with Crippen LogP contribution in [-0.4, -0.2) is 43.3 Å². The zero-order valence-corrected chi connectivity index (χ0v) is 6.66. The number of methoxy groups -OCH3 is 1. The zero-order chi connectivity index (χ0) is 8.43. The third kappa shape index (κ3) is 1.52. The predicted molar refractivity (Wildman–Crippen MR) is 37.1 cm³/mol. The number of hydrogen-bond acceptors (Lipinski definition) is 3. The van der Waals surface area contributed by atoms with Crippen molar-refractivity contribution in [3.63, 3.8) is 0 Å². The summed E-state index contributed by atoms with van der Waals surface area (Å²) in [7, 11) is 1.44. The molecule has 4 heteroatoms. The minimum atomic E-state index is -1.21. The first-order chi connectivity index (χ1) is 5.20. The number of hydrogen-bond donors (Lipinski definition) is 1. The Balaban J connectivity index is 2.55. The minimum absolute atomic E-state index is 0.271. The summed E-state index contributed by atoms with van der Waals surface area (Å²) < 4.78 is 23.0. The molecule has 1 fully saturated rings. The number of aliphatic hydroxyl groups is 1. The average Bonchev–Trinajstić information content (AvgIpc) is 2.26. The molecule has 66 valence electrons. The standard InChI is InChI=1S/C7H13FO3/c1-4-7(10-2)6(8)5(3-9)11-4/h4-7,9H,3H2,1-2H3/t4-,5+,6+,7-/m1/s1. The number of aliphatic hydroxyl groups excluding tert-OH is 1. The molecule has 3 nitrogen and oxygen atoms in total. The molecule has 1 heterocycles. The highest BCUT2D eigenvalue weighted by molar-refractivity contribution is 4.89. The molecule has 11 heavy (non-hydrogen) atoms. The van der Waals surface area contributed by atoms with Crippen molar-refractivity contribution in [3.8, 4) is 0 Å². The van der Waals surface area contributed by atoms with E-state index >= 15 is 0 Å². The average molecular weight is 164 g/mol. The van der Waals surface area contributed by atoms with Crippen molar-refractivity contribution in [2.45, 2.75) is 31.4 Å². The van der Waals surface area contributed by atoms with Crippen molar-refractivity contribution in [1.82, 2.24) is 0 Å². The van der Waals surface area contributed by atoms with E-state index in [1.807, 2.05) is 0 Å². The maximum Gasteiger partial charge on any atom is 0.157 e. The van der Waals surface area contributed by atoms with Gasteiger partial charge in [-0.25, -0.2) is 4.39 Å². The van der Waals surface area contributed by atoms with Crippen molar-refractivity contribution in [1.29, 1.82) is 0 Å². The lowest BCUT2D eigenvalue weighted by Crippen LogP contribution is -2.31. The fourth-order valence-electron chi connectivity index (χ4n) is 1.36. The first kappa shape index (κ1) is 8.90. The van der Waals surface area contributed by atoms with Gasteiger partial charge in [0, 0.05) is 7.11 Å². The molecule has 1 aliphatic heterocycles. The second-order valence-electron chi connectivity index (χ2n) is 2.71. The van der Waals surface area contributed by atoms with Gasteiger partial charge in [0.2, 0.25) is 0 Å². The van der Waals surface area contributed by atoms with E-state index in [0.717, 1.165) is 0 Å². The number of rotatable bonds is 2. The molecule has 1 aliphatic rings. The molecule has 0 aromatic heterocycles. The highest BCUT2D eigenvalue weighted by atomic mass is 19.1. The van der Waals surface area contributed by atoms with Gasteiger partial charge in [-0.2, -0.15) is 0 Å². The van der Waals surface area contributed by atoms with Gasteiger partial charge in [-0.05, 0) is 6.92 Å². The fourth-order valence-corrected chi connectivity index (χ4v) is 1.36. The third-order valence-corrected chi connectivity index (χ3v) is 1.97. The second-order valence-corrected chi connectivity index (χ2v) is 2.71. The molecule has 0 bridgehead atoms.